The average Bonchev–Trinajstić information content (AvgIpc) is 2.38. The highest BCUT2D eigenvalue weighted by Gasteiger charge is 2.32. The van der Waals surface area contributed by atoms with Crippen LogP contribution < -0.4 is 4.74 Å². The molecule has 2 rings (SSSR count). The molecular formula is C15H10F3NO. The van der Waals surface area contributed by atoms with Crippen LogP contribution in [0, 0.1) is 18.3 Å². The van der Waals surface area contributed by atoms with Crippen LogP contribution in [0.25, 0.3) is 11.1 Å². The molecule has 0 atom stereocenters. The maximum absolute atomic E-state index is 12.4. The molecule has 0 aliphatic rings. The van der Waals surface area contributed by atoms with Crippen molar-refractivity contribution in [1.82, 2.24) is 0 Å². The second-order valence-electron chi connectivity index (χ2n) is 4.24. The van der Waals surface area contributed by atoms with Gasteiger partial charge in [-0.2, -0.15) is 5.26 Å². The van der Waals surface area contributed by atoms with Crippen molar-refractivity contribution in [2.75, 3.05) is 0 Å². The highest BCUT2D eigenvalue weighted by Crippen LogP contribution is 2.34. The first-order chi connectivity index (χ1) is 9.39. The smallest absolute Gasteiger partial charge is 0.405 e. The molecule has 0 N–H and O–H groups in total. The fourth-order valence-corrected chi connectivity index (χ4v) is 1.77. The Balaban J connectivity index is 2.52. The molecule has 0 bridgehead atoms. The zero-order valence-electron chi connectivity index (χ0n) is 10.5. The number of nitriles is 1. The molecule has 2 nitrogen and oxygen atoms in total. The molecule has 20 heavy (non-hydrogen) atoms. The Kier molecular flexibility index (Phi) is 3.66. The summed E-state index contributed by atoms with van der Waals surface area (Å²) >= 11 is 0. The van der Waals surface area contributed by atoms with Crippen molar-refractivity contribution in [2.45, 2.75) is 13.3 Å². The van der Waals surface area contributed by atoms with Gasteiger partial charge in [0.1, 0.15) is 5.75 Å². The summed E-state index contributed by atoms with van der Waals surface area (Å²) in [6, 6.07) is 12.8. The van der Waals surface area contributed by atoms with Crippen LogP contribution in [0.3, 0.4) is 0 Å². The number of hydrogen-bond donors (Lipinski definition) is 0. The van der Waals surface area contributed by atoms with Crippen molar-refractivity contribution >= 4 is 0 Å². The number of aryl methyl sites for hydroxylation is 1. The highest BCUT2D eigenvalue weighted by molar-refractivity contribution is 5.71. The molecule has 0 saturated heterocycles. The Morgan fingerprint density at radius 2 is 1.70 bits per heavy atom. The third kappa shape index (κ3) is 3.29. The fourth-order valence-electron chi connectivity index (χ4n) is 1.77. The Labute approximate surface area is 114 Å². The van der Waals surface area contributed by atoms with Gasteiger partial charge in [-0.25, -0.2) is 0 Å². The Hall–Kier alpha value is -2.48. The van der Waals surface area contributed by atoms with Gasteiger partial charge in [0.2, 0.25) is 0 Å². The maximum Gasteiger partial charge on any atom is 0.573 e. The second-order valence-corrected chi connectivity index (χ2v) is 4.24. The topological polar surface area (TPSA) is 33.0 Å². The maximum atomic E-state index is 12.4. The van der Waals surface area contributed by atoms with Crippen molar-refractivity contribution in [3.05, 3.63) is 53.6 Å². The van der Waals surface area contributed by atoms with Crippen LogP contribution in [0.4, 0.5) is 13.2 Å². The largest absolute Gasteiger partial charge is 0.573 e. The van der Waals surface area contributed by atoms with Gasteiger partial charge >= 0.3 is 6.36 Å². The number of rotatable bonds is 2. The molecule has 0 amide bonds. The van der Waals surface area contributed by atoms with Gasteiger partial charge in [0.25, 0.3) is 0 Å². The van der Waals surface area contributed by atoms with Gasteiger partial charge in [0, 0.05) is 5.56 Å². The Morgan fingerprint density at radius 3 is 2.25 bits per heavy atom. The zero-order chi connectivity index (χ0) is 14.8. The minimum atomic E-state index is -4.80. The monoisotopic (exact) mass is 277 g/mol. The van der Waals surface area contributed by atoms with E-state index in [4.69, 9.17) is 5.26 Å². The van der Waals surface area contributed by atoms with E-state index in [1.165, 1.54) is 12.1 Å². The number of alkyl halides is 3. The highest BCUT2D eigenvalue weighted by atomic mass is 19.4. The summed E-state index contributed by atoms with van der Waals surface area (Å²) in [6.45, 7) is 1.88. The van der Waals surface area contributed by atoms with Crippen LogP contribution in [-0.4, -0.2) is 6.36 Å². The number of ether oxygens (including phenoxy) is 1. The van der Waals surface area contributed by atoms with E-state index in [0.717, 1.165) is 11.6 Å². The van der Waals surface area contributed by atoms with E-state index in [2.05, 4.69) is 4.74 Å². The normalized spacial score (nSPS) is 10.9. The van der Waals surface area contributed by atoms with E-state index in [9.17, 15) is 13.2 Å². The summed E-state index contributed by atoms with van der Waals surface area (Å²) in [4.78, 5) is 0. The van der Waals surface area contributed by atoms with Crippen LogP contribution in [0.5, 0.6) is 5.75 Å². The molecule has 0 aliphatic heterocycles. The molecule has 0 aromatic heterocycles. The number of nitrogens with zero attached hydrogens (tertiary/aromatic N) is 1. The molecule has 0 fully saturated rings. The number of hydrogen-bond acceptors (Lipinski definition) is 2. The second kappa shape index (κ2) is 5.25. The summed E-state index contributed by atoms with van der Waals surface area (Å²) in [5.41, 5.74) is 2.00. The van der Waals surface area contributed by atoms with Gasteiger partial charge in [-0.3, -0.25) is 0 Å². The minimum Gasteiger partial charge on any atom is -0.405 e. The third-order valence-electron chi connectivity index (χ3n) is 2.70. The third-order valence-corrected chi connectivity index (χ3v) is 2.70. The molecule has 0 heterocycles. The van der Waals surface area contributed by atoms with E-state index >= 15 is 0 Å². The van der Waals surface area contributed by atoms with Crippen molar-refractivity contribution in [2.24, 2.45) is 0 Å². The summed E-state index contributed by atoms with van der Waals surface area (Å²) in [5.74, 6) is -0.375. The molecule has 0 saturated carbocycles. The van der Waals surface area contributed by atoms with Crippen molar-refractivity contribution < 1.29 is 17.9 Å². The Morgan fingerprint density at radius 1 is 1.05 bits per heavy atom. The first kappa shape index (κ1) is 13.9. The molecule has 5 heteroatoms. The van der Waals surface area contributed by atoms with E-state index in [1.807, 2.05) is 6.92 Å². The van der Waals surface area contributed by atoms with Gasteiger partial charge in [-0.15, -0.1) is 13.2 Å². The van der Waals surface area contributed by atoms with Gasteiger partial charge in [-0.1, -0.05) is 29.8 Å². The van der Waals surface area contributed by atoms with Crippen LogP contribution in [0.1, 0.15) is 11.1 Å². The molecule has 0 unspecified atom stereocenters. The lowest BCUT2D eigenvalue weighted by Crippen LogP contribution is -2.17. The minimum absolute atomic E-state index is 0.111. The zero-order valence-corrected chi connectivity index (χ0v) is 10.5. The van der Waals surface area contributed by atoms with Crippen molar-refractivity contribution in [3.63, 3.8) is 0 Å². The molecule has 2 aromatic rings. The molecule has 102 valence electrons. The van der Waals surface area contributed by atoms with E-state index < -0.39 is 6.36 Å². The van der Waals surface area contributed by atoms with E-state index in [0.29, 0.717) is 11.1 Å². The quantitative estimate of drug-likeness (QED) is 0.813. The average molecular weight is 277 g/mol. The molecule has 0 aliphatic carbocycles. The van der Waals surface area contributed by atoms with Crippen molar-refractivity contribution in [3.8, 4) is 22.9 Å². The predicted molar refractivity (Wildman–Crippen MR) is 68.0 cm³/mol. The molecule has 0 radical (unpaired) electrons. The lowest BCUT2D eigenvalue weighted by atomic mass is 10.0. The van der Waals surface area contributed by atoms with Crippen LogP contribution in [0.15, 0.2) is 42.5 Å². The summed E-state index contributed by atoms with van der Waals surface area (Å²) in [7, 11) is 0. The molecule has 0 spiro atoms. The number of benzene rings is 2. The van der Waals surface area contributed by atoms with Gasteiger partial charge in [-0.05, 0) is 30.7 Å². The summed E-state index contributed by atoms with van der Waals surface area (Å²) < 4.78 is 41.3. The predicted octanol–water partition coefficient (Wildman–Crippen LogP) is 4.43. The Bertz CT molecular complexity index is 654. The van der Waals surface area contributed by atoms with Crippen LogP contribution in [-0.2, 0) is 0 Å². The molecular weight excluding hydrogens is 267 g/mol. The first-order valence-corrected chi connectivity index (χ1v) is 5.76. The van der Waals surface area contributed by atoms with E-state index in [1.54, 1.807) is 30.3 Å². The van der Waals surface area contributed by atoms with Gasteiger partial charge in [0.15, 0.2) is 0 Å². The number of halogens is 3. The van der Waals surface area contributed by atoms with E-state index in [-0.39, 0.29) is 11.3 Å². The lowest BCUT2D eigenvalue weighted by molar-refractivity contribution is -0.274. The standard InChI is InChI=1S/C15H10F3NO/c1-10-2-5-12(6-3-10)13-7-4-11(9-19)8-14(13)20-15(16,17)18/h2-8H,1H3. The van der Waals surface area contributed by atoms with Crippen LogP contribution in [0.2, 0.25) is 0 Å². The van der Waals surface area contributed by atoms with Gasteiger partial charge in [0.05, 0.1) is 11.6 Å². The fraction of sp³-hybridized carbons (Fsp3) is 0.133. The van der Waals surface area contributed by atoms with Crippen LogP contribution >= 0.6 is 0 Å². The summed E-state index contributed by atoms with van der Waals surface area (Å²) in [6.07, 6.45) is -4.80. The first-order valence-electron chi connectivity index (χ1n) is 5.76. The lowest BCUT2D eigenvalue weighted by Gasteiger charge is -2.14. The van der Waals surface area contributed by atoms with Gasteiger partial charge < -0.3 is 4.74 Å². The van der Waals surface area contributed by atoms with Crippen molar-refractivity contribution in [1.29, 1.82) is 5.26 Å². The SMILES string of the molecule is Cc1ccc(-c2ccc(C#N)cc2OC(F)(F)F)cc1. The molecule has 2 aromatic carbocycles. The summed E-state index contributed by atoms with van der Waals surface area (Å²) in [5, 5.41) is 8.77.